The number of nitrogens with one attached hydrogen (secondary N) is 1. The van der Waals surface area contributed by atoms with Crippen LogP contribution in [0.2, 0.25) is 0 Å². The third-order valence-electron chi connectivity index (χ3n) is 4.49. The topological polar surface area (TPSA) is 98.7 Å². The van der Waals surface area contributed by atoms with Gasteiger partial charge < -0.3 is 24.4 Å². The van der Waals surface area contributed by atoms with Crippen molar-refractivity contribution in [3.63, 3.8) is 0 Å². The van der Waals surface area contributed by atoms with Gasteiger partial charge in [0.1, 0.15) is 24.8 Å². The molecule has 0 unspecified atom stereocenters. The number of hydrogen-bond donors (Lipinski definition) is 1. The van der Waals surface area contributed by atoms with Crippen molar-refractivity contribution < 1.29 is 19.0 Å². The number of rotatable bonds is 7. The number of hydrogen-bond acceptors (Lipinski definition) is 8. The summed E-state index contributed by atoms with van der Waals surface area (Å²) in [4.78, 5) is 27.4. The maximum atomic E-state index is 12.3. The number of anilines is 1. The number of carbonyl (C=O) groups is 1. The highest BCUT2D eigenvalue weighted by Gasteiger charge is 2.13. The number of ether oxygens (including phenoxy) is 3. The Kier molecular flexibility index (Phi) is 6.11. The minimum Gasteiger partial charge on any atom is -0.486 e. The first-order valence-electron chi connectivity index (χ1n) is 9.83. The first-order chi connectivity index (χ1) is 15.1. The zero-order chi connectivity index (χ0) is 21.6. The summed E-state index contributed by atoms with van der Waals surface area (Å²) in [5.74, 6) is 2.86. The second-order valence-corrected chi connectivity index (χ2v) is 7.05. The van der Waals surface area contributed by atoms with Crippen LogP contribution >= 0.6 is 0 Å². The zero-order valence-corrected chi connectivity index (χ0v) is 17.4. The largest absolute Gasteiger partial charge is 0.486 e. The number of pyridine rings is 1. The Hall–Kier alpha value is -3.88. The first-order valence-corrected chi connectivity index (χ1v) is 9.83. The Morgan fingerprint density at radius 1 is 1.13 bits per heavy atom. The Morgan fingerprint density at radius 2 is 1.97 bits per heavy atom. The summed E-state index contributed by atoms with van der Waals surface area (Å²) in [6.07, 6.45) is 3.40. The molecular formula is C22H23N5O4. The van der Waals surface area contributed by atoms with E-state index in [1.807, 2.05) is 37.2 Å². The van der Waals surface area contributed by atoms with Gasteiger partial charge in [0.15, 0.2) is 23.9 Å². The fraction of sp³-hybridized carbons (Fsp3) is 0.273. The molecule has 9 heteroatoms. The lowest BCUT2D eigenvalue weighted by Crippen LogP contribution is -2.29. The van der Waals surface area contributed by atoms with Crippen molar-refractivity contribution in [2.75, 3.05) is 38.8 Å². The average Bonchev–Trinajstić information content (AvgIpc) is 2.81. The Morgan fingerprint density at radius 3 is 2.74 bits per heavy atom. The monoisotopic (exact) mass is 421 g/mol. The van der Waals surface area contributed by atoms with Crippen molar-refractivity contribution in [2.45, 2.75) is 6.54 Å². The maximum Gasteiger partial charge on any atom is 0.258 e. The van der Waals surface area contributed by atoms with E-state index in [9.17, 15) is 4.79 Å². The predicted molar refractivity (Wildman–Crippen MR) is 114 cm³/mol. The van der Waals surface area contributed by atoms with E-state index in [1.165, 1.54) is 0 Å². The Labute approximate surface area is 180 Å². The zero-order valence-electron chi connectivity index (χ0n) is 17.4. The summed E-state index contributed by atoms with van der Waals surface area (Å²) in [6.45, 7) is 1.14. The molecule has 1 N–H and O–H groups in total. The van der Waals surface area contributed by atoms with Crippen LogP contribution in [0, 0.1) is 0 Å². The normalized spacial score (nSPS) is 12.2. The second-order valence-electron chi connectivity index (χ2n) is 7.05. The standard InChI is InChI=1S/C22H23N5O4/c1-27(2)20-10-16(25-22(26-20)15-4-3-7-23-12-15)13-24-21(28)14-31-17-5-6-18-19(11-17)30-9-8-29-18/h3-7,10-12H,8-9,13-14H2,1-2H3,(H,24,28). The molecule has 0 aliphatic carbocycles. The van der Waals surface area contributed by atoms with Gasteiger partial charge in [-0.15, -0.1) is 0 Å². The van der Waals surface area contributed by atoms with Crippen molar-refractivity contribution in [1.29, 1.82) is 0 Å². The number of carbonyl (C=O) groups excluding carboxylic acids is 1. The predicted octanol–water partition coefficient (Wildman–Crippen LogP) is 2.07. The molecule has 1 amide bonds. The van der Waals surface area contributed by atoms with E-state index < -0.39 is 0 Å². The molecule has 160 valence electrons. The van der Waals surface area contributed by atoms with E-state index in [1.54, 1.807) is 30.6 Å². The van der Waals surface area contributed by atoms with E-state index in [4.69, 9.17) is 14.2 Å². The van der Waals surface area contributed by atoms with Crippen molar-refractivity contribution in [3.05, 3.63) is 54.5 Å². The highest BCUT2D eigenvalue weighted by atomic mass is 16.6. The third-order valence-corrected chi connectivity index (χ3v) is 4.49. The molecule has 0 saturated heterocycles. The van der Waals surface area contributed by atoms with Gasteiger partial charge in [-0.05, 0) is 24.3 Å². The summed E-state index contributed by atoms with van der Waals surface area (Å²) in [5.41, 5.74) is 1.49. The lowest BCUT2D eigenvalue weighted by Gasteiger charge is -2.18. The van der Waals surface area contributed by atoms with Gasteiger partial charge in [0.05, 0.1) is 12.2 Å². The molecule has 0 fully saturated rings. The highest BCUT2D eigenvalue weighted by molar-refractivity contribution is 5.77. The summed E-state index contributed by atoms with van der Waals surface area (Å²) < 4.78 is 16.6. The molecule has 4 rings (SSSR count). The number of aromatic nitrogens is 3. The van der Waals surface area contributed by atoms with Crippen LogP contribution in [0.5, 0.6) is 17.2 Å². The molecule has 2 aromatic heterocycles. The fourth-order valence-electron chi connectivity index (χ4n) is 2.93. The quantitative estimate of drug-likeness (QED) is 0.619. The third kappa shape index (κ3) is 5.19. The van der Waals surface area contributed by atoms with Gasteiger partial charge in [-0.3, -0.25) is 9.78 Å². The highest BCUT2D eigenvalue weighted by Crippen LogP contribution is 2.33. The molecular weight excluding hydrogens is 398 g/mol. The lowest BCUT2D eigenvalue weighted by atomic mass is 10.2. The van der Waals surface area contributed by atoms with Crippen LogP contribution in [0.15, 0.2) is 48.8 Å². The van der Waals surface area contributed by atoms with Crippen LogP contribution in [-0.2, 0) is 11.3 Å². The van der Waals surface area contributed by atoms with Gasteiger partial charge in [-0.25, -0.2) is 9.97 Å². The molecule has 1 aliphatic rings. The van der Waals surface area contributed by atoms with Crippen LogP contribution in [0.25, 0.3) is 11.4 Å². The SMILES string of the molecule is CN(C)c1cc(CNC(=O)COc2ccc3c(c2)OCCO3)nc(-c2cccnc2)n1. The molecule has 0 spiro atoms. The molecule has 1 aromatic carbocycles. The van der Waals surface area contributed by atoms with Crippen LogP contribution in [-0.4, -0.2) is 54.8 Å². The van der Waals surface area contributed by atoms with Crippen LogP contribution in [0.4, 0.5) is 5.82 Å². The van der Waals surface area contributed by atoms with Gasteiger partial charge in [-0.2, -0.15) is 0 Å². The lowest BCUT2D eigenvalue weighted by molar-refractivity contribution is -0.123. The summed E-state index contributed by atoms with van der Waals surface area (Å²) >= 11 is 0. The summed E-state index contributed by atoms with van der Waals surface area (Å²) in [7, 11) is 3.80. The van der Waals surface area contributed by atoms with Gasteiger partial charge in [0.2, 0.25) is 0 Å². The van der Waals surface area contributed by atoms with Crippen LogP contribution < -0.4 is 24.4 Å². The molecule has 0 bridgehead atoms. The van der Waals surface area contributed by atoms with Crippen molar-refractivity contribution in [2.24, 2.45) is 0 Å². The molecule has 3 aromatic rings. The van der Waals surface area contributed by atoms with E-state index >= 15 is 0 Å². The Balaban J connectivity index is 1.38. The van der Waals surface area contributed by atoms with Crippen molar-refractivity contribution >= 4 is 11.7 Å². The van der Waals surface area contributed by atoms with Crippen molar-refractivity contribution in [3.8, 4) is 28.6 Å². The average molecular weight is 421 g/mol. The fourth-order valence-corrected chi connectivity index (χ4v) is 2.93. The first kappa shape index (κ1) is 20.4. The number of amides is 1. The molecule has 3 heterocycles. The van der Waals surface area contributed by atoms with Crippen LogP contribution in [0.1, 0.15) is 5.69 Å². The summed E-state index contributed by atoms with van der Waals surface area (Å²) in [6, 6.07) is 10.8. The molecule has 0 saturated carbocycles. The molecule has 9 nitrogen and oxygen atoms in total. The smallest absolute Gasteiger partial charge is 0.258 e. The molecule has 0 atom stereocenters. The van der Waals surface area contributed by atoms with E-state index in [0.717, 1.165) is 11.4 Å². The van der Waals surface area contributed by atoms with E-state index in [-0.39, 0.29) is 19.1 Å². The summed E-state index contributed by atoms with van der Waals surface area (Å²) in [5, 5.41) is 2.83. The molecule has 0 radical (unpaired) electrons. The van der Waals surface area contributed by atoms with Crippen molar-refractivity contribution in [1.82, 2.24) is 20.3 Å². The van der Waals surface area contributed by atoms with Gasteiger partial charge >= 0.3 is 0 Å². The number of benzene rings is 1. The number of nitrogens with zero attached hydrogens (tertiary/aromatic N) is 4. The van der Waals surface area contributed by atoms with Gasteiger partial charge in [-0.1, -0.05) is 0 Å². The van der Waals surface area contributed by atoms with E-state index in [2.05, 4.69) is 20.3 Å². The number of fused-ring (bicyclic) bond motifs is 1. The minimum atomic E-state index is -0.261. The van der Waals surface area contributed by atoms with E-state index in [0.29, 0.717) is 42.0 Å². The molecule has 1 aliphatic heterocycles. The Bertz CT molecular complexity index is 1060. The van der Waals surface area contributed by atoms with Gasteiger partial charge in [0.25, 0.3) is 5.91 Å². The van der Waals surface area contributed by atoms with Crippen LogP contribution in [0.3, 0.4) is 0 Å². The molecule has 31 heavy (non-hydrogen) atoms. The second kappa shape index (κ2) is 9.29. The maximum absolute atomic E-state index is 12.3. The van der Waals surface area contributed by atoms with Gasteiger partial charge in [0, 0.05) is 44.2 Å². The minimum absolute atomic E-state index is 0.124.